The molecule has 0 unspecified atom stereocenters. The molecule has 0 bridgehead atoms. The molecule has 0 amide bonds. The van der Waals surface area contributed by atoms with E-state index in [2.05, 4.69) is 9.97 Å². The fourth-order valence-corrected chi connectivity index (χ4v) is 2.73. The number of hydrogen-bond donors (Lipinski definition) is 1. The fourth-order valence-electron chi connectivity index (χ4n) is 2.73. The van der Waals surface area contributed by atoms with Crippen LogP contribution in [0.4, 0.5) is 10.2 Å². The lowest BCUT2D eigenvalue weighted by molar-refractivity contribution is -0.150. The van der Waals surface area contributed by atoms with E-state index in [0.29, 0.717) is 50.3 Å². The second-order valence-corrected chi connectivity index (χ2v) is 5.24. The zero-order valence-corrected chi connectivity index (χ0v) is 11.9. The molecule has 1 N–H and O–H groups in total. The molecule has 0 atom stereocenters. The first-order chi connectivity index (χ1) is 9.54. The molecule has 1 saturated heterocycles. The van der Waals surface area contributed by atoms with E-state index < -0.39 is 11.4 Å². The van der Waals surface area contributed by atoms with Gasteiger partial charge in [0.15, 0.2) is 11.6 Å². The number of piperidine rings is 1. The molecule has 0 aliphatic carbocycles. The van der Waals surface area contributed by atoms with Crippen molar-refractivity contribution in [3.63, 3.8) is 0 Å². The Morgan fingerprint density at radius 3 is 2.55 bits per heavy atom. The van der Waals surface area contributed by atoms with Gasteiger partial charge in [-0.05, 0) is 25.7 Å². The maximum Gasteiger partial charge on any atom is 0.309 e. The van der Waals surface area contributed by atoms with Gasteiger partial charge in [-0.25, -0.2) is 14.4 Å². The van der Waals surface area contributed by atoms with Crippen molar-refractivity contribution < 1.29 is 14.3 Å². The van der Waals surface area contributed by atoms with Crippen molar-refractivity contribution in [1.82, 2.24) is 9.97 Å². The molecule has 0 spiro atoms. The summed E-state index contributed by atoms with van der Waals surface area (Å²) in [5, 5.41) is 9.36. The molecule has 1 fully saturated rings. The lowest BCUT2D eigenvalue weighted by Crippen LogP contribution is -2.44. The van der Waals surface area contributed by atoms with Crippen molar-refractivity contribution in [1.29, 1.82) is 0 Å². The molecule has 1 aliphatic heterocycles. The van der Waals surface area contributed by atoms with Crippen molar-refractivity contribution in [3.05, 3.63) is 17.8 Å². The van der Waals surface area contributed by atoms with Gasteiger partial charge in [-0.1, -0.05) is 13.8 Å². The second kappa shape index (κ2) is 5.73. The number of rotatable bonds is 4. The molecule has 2 rings (SSSR count). The van der Waals surface area contributed by atoms with Gasteiger partial charge >= 0.3 is 5.97 Å². The molecule has 110 valence electrons. The molecule has 0 radical (unpaired) electrons. The van der Waals surface area contributed by atoms with Crippen LogP contribution in [-0.2, 0) is 11.2 Å². The molecule has 0 aromatic carbocycles. The first-order valence-electron chi connectivity index (χ1n) is 7.01. The fraction of sp³-hybridized carbons (Fsp3) is 0.643. The maximum absolute atomic E-state index is 14.2. The highest BCUT2D eigenvalue weighted by atomic mass is 19.1. The topological polar surface area (TPSA) is 66.3 Å². The van der Waals surface area contributed by atoms with Gasteiger partial charge in [-0.15, -0.1) is 0 Å². The monoisotopic (exact) mass is 281 g/mol. The second-order valence-electron chi connectivity index (χ2n) is 5.24. The predicted octanol–water partition coefficient (Wildman–Crippen LogP) is 2.26. The van der Waals surface area contributed by atoms with Crippen molar-refractivity contribution in [2.24, 2.45) is 5.41 Å². The molecular weight excluding hydrogens is 261 g/mol. The maximum atomic E-state index is 14.2. The Hall–Kier alpha value is -1.72. The third-order valence-corrected chi connectivity index (χ3v) is 4.33. The summed E-state index contributed by atoms with van der Waals surface area (Å²) in [6.45, 7) is 4.76. The van der Waals surface area contributed by atoms with Crippen LogP contribution in [0.15, 0.2) is 6.33 Å². The molecule has 0 saturated carbocycles. The Balaban J connectivity index is 2.17. The smallest absolute Gasteiger partial charge is 0.309 e. The van der Waals surface area contributed by atoms with E-state index in [4.69, 9.17) is 0 Å². The average Bonchev–Trinajstić information content (AvgIpc) is 2.47. The number of aliphatic carboxylic acids is 1. The highest BCUT2D eigenvalue weighted by Crippen LogP contribution is 2.36. The van der Waals surface area contributed by atoms with Gasteiger partial charge in [-0.3, -0.25) is 4.79 Å². The minimum Gasteiger partial charge on any atom is -0.481 e. The third kappa shape index (κ3) is 2.46. The number of halogens is 1. The van der Waals surface area contributed by atoms with Gasteiger partial charge < -0.3 is 10.0 Å². The summed E-state index contributed by atoms with van der Waals surface area (Å²) in [4.78, 5) is 21.2. The Morgan fingerprint density at radius 2 is 2.05 bits per heavy atom. The van der Waals surface area contributed by atoms with Gasteiger partial charge in [0.05, 0.1) is 11.1 Å². The van der Waals surface area contributed by atoms with Gasteiger partial charge in [-0.2, -0.15) is 0 Å². The number of carboxylic acid groups (broad SMARTS) is 1. The van der Waals surface area contributed by atoms with E-state index in [9.17, 15) is 14.3 Å². The van der Waals surface area contributed by atoms with E-state index >= 15 is 0 Å². The zero-order chi connectivity index (χ0) is 14.8. The number of carbonyl (C=O) groups is 1. The zero-order valence-electron chi connectivity index (χ0n) is 11.9. The van der Waals surface area contributed by atoms with E-state index in [1.54, 1.807) is 0 Å². The van der Waals surface area contributed by atoms with Crippen LogP contribution in [-0.4, -0.2) is 34.1 Å². The minimum absolute atomic E-state index is 0.298. The summed E-state index contributed by atoms with van der Waals surface area (Å²) in [6, 6.07) is 0. The SMILES string of the molecule is CCc1ncnc(N2CCC(CC)(C(=O)O)CC2)c1F. The normalized spacial score (nSPS) is 18.1. The molecule has 2 heterocycles. The summed E-state index contributed by atoms with van der Waals surface area (Å²) in [6.07, 6.45) is 3.52. The summed E-state index contributed by atoms with van der Waals surface area (Å²) in [5.41, 5.74) is -0.270. The predicted molar refractivity (Wildman–Crippen MR) is 73.2 cm³/mol. The summed E-state index contributed by atoms with van der Waals surface area (Å²) >= 11 is 0. The van der Waals surface area contributed by atoms with Crippen molar-refractivity contribution in [2.75, 3.05) is 18.0 Å². The standard InChI is InChI=1S/C14H20FN3O2/c1-3-10-11(15)12(17-9-16-10)18-7-5-14(4-2,6-8-18)13(19)20/h9H,3-8H2,1-2H3,(H,19,20). The molecule has 1 aromatic rings. The number of nitrogens with zero attached hydrogens (tertiary/aromatic N) is 3. The van der Waals surface area contributed by atoms with Crippen LogP contribution in [0.5, 0.6) is 0 Å². The summed E-state index contributed by atoms with van der Waals surface area (Å²) < 4.78 is 14.2. The van der Waals surface area contributed by atoms with Gasteiger partial charge in [0.25, 0.3) is 0 Å². The van der Waals surface area contributed by atoms with Crippen molar-refractivity contribution in [2.45, 2.75) is 39.5 Å². The molecule has 5 nitrogen and oxygen atoms in total. The number of carboxylic acids is 1. The van der Waals surface area contributed by atoms with E-state index in [0.717, 1.165) is 0 Å². The molecule has 6 heteroatoms. The Morgan fingerprint density at radius 1 is 1.40 bits per heavy atom. The minimum atomic E-state index is -0.753. The summed E-state index contributed by atoms with van der Waals surface area (Å²) in [5.74, 6) is -0.835. The lowest BCUT2D eigenvalue weighted by atomic mass is 9.76. The van der Waals surface area contributed by atoms with E-state index in [-0.39, 0.29) is 5.82 Å². The highest BCUT2D eigenvalue weighted by Gasteiger charge is 2.40. The summed E-state index contributed by atoms with van der Waals surface area (Å²) in [7, 11) is 0. The number of aryl methyl sites for hydroxylation is 1. The van der Waals surface area contributed by atoms with Gasteiger partial charge in [0, 0.05) is 13.1 Å². The average molecular weight is 281 g/mol. The Bertz CT molecular complexity index is 499. The first-order valence-corrected chi connectivity index (χ1v) is 7.01. The van der Waals surface area contributed by atoms with Crippen LogP contribution in [0.1, 0.15) is 38.8 Å². The van der Waals surface area contributed by atoms with Crippen LogP contribution in [0.2, 0.25) is 0 Å². The molecule has 20 heavy (non-hydrogen) atoms. The number of anilines is 1. The van der Waals surface area contributed by atoms with Gasteiger partial charge in [0.2, 0.25) is 0 Å². The molecule has 1 aromatic heterocycles. The van der Waals surface area contributed by atoms with E-state index in [1.807, 2.05) is 18.7 Å². The molecular formula is C14H20FN3O2. The molecule has 1 aliphatic rings. The Kier molecular flexibility index (Phi) is 4.20. The van der Waals surface area contributed by atoms with Crippen LogP contribution in [0.25, 0.3) is 0 Å². The quantitative estimate of drug-likeness (QED) is 0.917. The number of hydrogen-bond acceptors (Lipinski definition) is 4. The first kappa shape index (κ1) is 14.7. The van der Waals surface area contributed by atoms with Crippen LogP contribution >= 0.6 is 0 Å². The highest BCUT2D eigenvalue weighted by molar-refractivity contribution is 5.75. The van der Waals surface area contributed by atoms with Crippen molar-refractivity contribution in [3.8, 4) is 0 Å². The lowest BCUT2D eigenvalue weighted by Gasteiger charge is -2.38. The van der Waals surface area contributed by atoms with Gasteiger partial charge in [0.1, 0.15) is 6.33 Å². The third-order valence-electron chi connectivity index (χ3n) is 4.33. The number of aromatic nitrogens is 2. The van der Waals surface area contributed by atoms with Crippen LogP contribution in [0, 0.1) is 11.2 Å². The van der Waals surface area contributed by atoms with Crippen LogP contribution in [0.3, 0.4) is 0 Å². The van der Waals surface area contributed by atoms with Crippen molar-refractivity contribution >= 4 is 11.8 Å². The largest absolute Gasteiger partial charge is 0.481 e. The van der Waals surface area contributed by atoms with E-state index in [1.165, 1.54) is 6.33 Å². The Labute approximate surface area is 117 Å². The van der Waals surface area contributed by atoms with Crippen LogP contribution < -0.4 is 4.90 Å².